The standard InChI is InChI=1S/C48H52N2S4/c1-3-5-7-9-11-13-15-35-17-21-37(22-18-35)41-25-29-45(51-41)47-31-27-43(53-47)39-33-49-34-40(50-39)44-28-32-48(54-44)46-30-26-42(52-46)38-23-19-36(20-24-38)16-14-12-10-8-6-4-2/h17-34H,3-16H2,1-2H3. The lowest BCUT2D eigenvalue weighted by Gasteiger charge is -2.04. The smallest absolute Gasteiger partial charge is 0.0992 e. The zero-order valence-corrected chi connectivity index (χ0v) is 35.1. The molecule has 0 atom stereocenters. The third kappa shape index (κ3) is 10.3. The molecule has 0 amide bonds. The van der Waals surface area contributed by atoms with Crippen LogP contribution in [0.15, 0.2) is 109 Å². The molecule has 0 aliphatic rings. The molecule has 0 bridgehead atoms. The molecule has 0 aliphatic heterocycles. The minimum absolute atomic E-state index is 0.926. The minimum atomic E-state index is 0.926. The Kier molecular flexibility index (Phi) is 14.1. The molecule has 0 radical (unpaired) electrons. The van der Waals surface area contributed by atoms with Crippen molar-refractivity contribution in [2.24, 2.45) is 0 Å². The van der Waals surface area contributed by atoms with Crippen LogP contribution in [-0.4, -0.2) is 9.97 Å². The summed E-state index contributed by atoms with van der Waals surface area (Å²) in [5.41, 5.74) is 7.36. The molecule has 2 nitrogen and oxygen atoms in total. The fourth-order valence-corrected chi connectivity index (χ4v) is 11.1. The van der Waals surface area contributed by atoms with Crippen molar-refractivity contribution < 1.29 is 0 Å². The van der Waals surface area contributed by atoms with Gasteiger partial charge in [0.05, 0.1) is 33.5 Å². The maximum absolute atomic E-state index is 5.09. The first kappa shape index (κ1) is 38.6. The number of rotatable bonds is 20. The topological polar surface area (TPSA) is 25.8 Å². The summed E-state index contributed by atoms with van der Waals surface area (Å²) in [5, 5.41) is 0. The van der Waals surface area contributed by atoms with Gasteiger partial charge in [-0.3, -0.25) is 4.98 Å². The highest BCUT2D eigenvalue weighted by Gasteiger charge is 2.14. The van der Waals surface area contributed by atoms with Crippen molar-refractivity contribution in [2.75, 3.05) is 0 Å². The van der Waals surface area contributed by atoms with Gasteiger partial charge in [0.15, 0.2) is 0 Å². The van der Waals surface area contributed by atoms with Crippen molar-refractivity contribution in [1.29, 1.82) is 0 Å². The van der Waals surface area contributed by atoms with Gasteiger partial charge in [-0.05, 0) is 96.5 Å². The molecule has 0 N–H and O–H groups in total. The van der Waals surface area contributed by atoms with Gasteiger partial charge in [-0.15, -0.1) is 45.3 Å². The first-order valence-electron chi connectivity index (χ1n) is 20.1. The third-order valence-corrected chi connectivity index (χ3v) is 15.0. The lowest BCUT2D eigenvalue weighted by atomic mass is 10.0. The van der Waals surface area contributed by atoms with Crippen LogP contribution in [0, 0.1) is 0 Å². The Hall–Kier alpha value is -3.68. The van der Waals surface area contributed by atoms with Gasteiger partial charge in [-0.2, -0.15) is 0 Å². The fourth-order valence-electron chi connectivity index (χ4n) is 6.96. The third-order valence-electron chi connectivity index (χ3n) is 10.2. The van der Waals surface area contributed by atoms with Gasteiger partial charge in [0.25, 0.3) is 0 Å². The number of benzene rings is 2. The molecule has 5 aromatic heterocycles. The number of thiophene rings is 4. The van der Waals surface area contributed by atoms with Gasteiger partial charge in [-0.25, -0.2) is 4.98 Å². The summed E-state index contributed by atoms with van der Waals surface area (Å²) in [4.78, 5) is 19.8. The zero-order chi connectivity index (χ0) is 37.0. The van der Waals surface area contributed by atoms with E-state index in [-0.39, 0.29) is 0 Å². The molecule has 7 rings (SSSR count). The molecule has 7 aromatic rings. The van der Waals surface area contributed by atoms with Gasteiger partial charge in [0.2, 0.25) is 0 Å². The van der Waals surface area contributed by atoms with Crippen LogP contribution in [0.3, 0.4) is 0 Å². The average Bonchev–Trinajstić information content (AvgIpc) is 4.05. The lowest BCUT2D eigenvalue weighted by Crippen LogP contribution is -1.86. The van der Waals surface area contributed by atoms with Gasteiger partial charge < -0.3 is 0 Å². The molecule has 0 spiro atoms. The van der Waals surface area contributed by atoms with Crippen LogP contribution in [0.25, 0.3) is 61.5 Å². The van der Waals surface area contributed by atoms with Gasteiger partial charge >= 0.3 is 0 Å². The van der Waals surface area contributed by atoms with E-state index in [1.165, 1.54) is 141 Å². The van der Waals surface area contributed by atoms with E-state index < -0.39 is 0 Å². The van der Waals surface area contributed by atoms with Crippen LogP contribution in [0.2, 0.25) is 0 Å². The normalized spacial score (nSPS) is 11.4. The Morgan fingerprint density at radius 2 is 0.685 bits per heavy atom. The first-order chi connectivity index (χ1) is 26.7. The number of unbranched alkanes of at least 4 members (excludes halogenated alkanes) is 10. The van der Waals surface area contributed by atoms with Crippen molar-refractivity contribution in [3.05, 3.63) is 121 Å². The molecule has 0 aliphatic carbocycles. The summed E-state index contributed by atoms with van der Waals surface area (Å²) in [6.45, 7) is 4.56. The highest BCUT2D eigenvalue weighted by molar-refractivity contribution is 7.25. The van der Waals surface area contributed by atoms with Gasteiger partial charge in [-0.1, -0.05) is 127 Å². The van der Waals surface area contributed by atoms with E-state index in [1.807, 2.05) is 35.1 Å². The molecule has 0 saturated heterocycles. The molecule has 5 heterocycles. The predicted octanol–water partition coefficient (Wildman–Crippen LogP) is 16.5. The van der Waals surface area contributed by atoms with Crippen LogP contribution >= 0.6 is 45.3 Å². The van der Waals surface area contributed by atoms with Crippen molar-refractivity contribution in [3.8, 4) is 61.5 Å². The fraction of sp³-hybridized carbons (Fsp3) is 0.333. The van der Waals surface area contributed by atoms with Gasteiger partial charge in [0, 0.05) is 29.3 Å². The van der Waals surface area contributed by atoms with Crippen LogP contribution in [-0.2, 0) is 12.8 Å². The Bertz CT molecular complexity index is 2010. The quantitative estimate of drug-likeness (QED) is 0.0720. The zero-order valence-electron chi connectivity index (χ0n) is 31.8. The highest BCUT2D eigenvalue weighted by Crippen LogP contribution is 2.42. The highest BCUT2D eigenvalue weighted by atomic mass is 32.1. The molecule has 0 unspecified atom stereocenters. The summed E-state index contributed by atoms with van der Waals surface area (Å²) in [6.07, 6.45) is 22.3. The number of aromatic nitrogens is 2. The molecule has 54 heavy (non-hydrogen) atoms. The summed E-state index contributed by atoms with van der Waals surface area (Å²) in [6, 6.07) is 36.4. The second kappa shape index (κ2) is 19.8. The molecule has 6 heteroatoms. The van der Waals surface area contributed by atoms with Crippen molar-refractivity contribution >= 4 is 45.3 Å². The minimum Gasteiger partial charge on any atom is -0.260 e. The van der Waals surface area contributed by atoms with E-state index in [1.54, 1.807) is 22.7 Å². The number of nitrogens with zero attached hydrogens (tertiary/aromatic N) is 2. The Labute approximate surface area is 339 Å². The van der Waals surface area contributed by atoms with Crippen molar-refractivity contribution in [3.63, 3.8) is 0 Å². The number of aryl methyl sites for hydroxylation is 2. The molecule has 278 valence electrons. The maximum atomic E-state index is 5.09. The van der Waals surface area contributed by atoms with E-state index in [0.29, 0.717) is 0 Å². The average molecular weight is 785 g/mol. The molecular formula is C48H52N2S4. The second-order valence-electron chi connectivity index (χ2n) is 14.4. The molecule has 2 aromatic carbocycles. The SMILES string of the molecule is CCCCCCCCc1ccc(-c2ccc(-c3ccc(-c4cncc(-c5ccc(-c6ccc(-c7ccc(CCCCCCCC)cc7)s6)s5)n4)s3)s2)cc1. The summed E-state index contributed by atoms with van der Waals surface area (Å²) in [5.74, 6) is 0. The Morgan fingerprint density at radius 3 is 1.09 bits per heavy atom. The van der Waals surface area contributed by atoms with E-state index in [0.717, 1.165) is 21.1 Å². The van der Waals surface area contributed by atoms with E-state index >= 15 is 0 Å². The largest absolute Gasteiger partial charge is 0.260 e. The van der Waals surface area contributed by atoms with Crippen LogP contribution in [0.4, 0.5) is 0 Å². The maximum Gasteiger partial charge on any atom is 0.0992 e. The van der Waals surface area contributed by atoms with Gasteiger partial charge in [0.1, 0.15) is 0 Å². The van der Waals surface area contributed by atoms with E-state index in [4.69, 9.17) is 4.98 Å². The monoisotopic (exact) mass is 784 g/mol. The van der Waals surface area contributed by atoms with Crippen molar-refractivity contribution in [2.45, 2.75) is 104 Å². The first-order valence-corrected chi connectivity index (χ1v) is 23.3. The van der Waals surface area contributed by atoms with E-state index in [2.05, 4.69) is 116 Å². The summed E-state index contributed by atoms with van der Waals surface area (Å²) in [7, 11) is 0. The van der Waals surface area contributed by atoms with Crippen molar-refractivity contribution in [1.82, 2.24) is 9.97 Å². The molecule has 0 saturated carbocycles. The number of hydrogen-bond donors (Lipinski definition) is 0. The van der Waals surface area contributed by atoms with Crippen LogP contribution in [0.5, 0.6) is 0 Å². The Balaban J connectivity index is 0.952. The molecule has 0 fully saturated rings. The van der Waals surface area contributed by atoms with E-state index in [9.17, 15) is 0 Å². The number of hydrogen-bond acceptors (Lipinski definition) is 6. The second-order valence-corrected chi connectivity index (χ2v) is 18.7. The summed E-state index contributed by atoms with van der Waals surface area (Å²) >= 11 is 7.32. The lowest BCUT2D eigenvalue weighted by molar-refractivity contribution is 0.607. The van der Waals surface area contributed by atoms with Crippen LogP contribution in [0.1, 0.15) is 102 Å². The Morgan fingerprint density at radius 1 is 0.352 bits per heavy atom. The summed E-state index contributed by atoms with van der Waals surface area (Å²) < 4.78 is 0. The van der Waals surface area contributed by atoms with Crippen LogP contribution < -0.4 is 0 Å². The predicted molar refractivity (Wildman–Crippen MR) is 240 cm³/mol. The molecular weight excluding hydrogens is 733 g/mol.